The van der Waals surface area contributed by atoms with Crippen molar-refractivity contribution in [1.29, 1.82) is 0 Å². The van der Waals surface area contributed by atoms with E-state index >= 15 is 0 Å². The molecule has 3 heterocycles. The molecule has 5 nitrogen and oxygen atoms in total. The number of nitrogens with zero attached hydrogens (tertiary/aromatic N) is 1. The van der Waals surface area contributed by atoms with Crippen LogP contribution >= 0.6 is 0 Å². The van der Waals surface area contributed by atoms with E-state index in [1.165, 1.54) is 24.3 Å². The SMILES string of the molecule is CC(C)(C)C(=O)[C@@H]1[C@@H]2C(=O)N(c3ccc(F)cc3)C(=O)[C@@H]2[C@H]2c3ccccc3C=C[NH+]12. The highest BCUT2D eigenvalue weighted by atomic mass is 19.1. The number of carbonyl (C=O) groups is 3. The topological polar surface area (TPSA) is 58.9 Å². The molecule has 5 rings (SSSR count). The highest BCUT2D eigenvalue weighted by Crippen LogP contribution is 2.45. The maximum Gasteiger partial charge on any atom is 0.244 e. The summed E-state index contributed by atoms with van der Waals surface area (Å²) in [5, 5.41) is 0. The molecule has 6 heteroatoms. The average molecular weight is 419 g/mol. The zero-order valence-electron chi connectivity index (χ0n) is 17.6. The van der Waals surface area contributed by atoms with Gasteiger partial charge in [-0.3, -0.25) is 19.3 Å². The first kappa shape index (κ1) is 19.8. The van der Waals surface area contributed by atoms with Gasteiger partial charge in [0.15, 0.2) is 11.8 Å². The second-order valence-corrected chi connectivity index (χ2v) is 9.57. The molecular weight excluding hydrogens is 395 g/mol. The van der Waals surface area contributed by atoms with Crippen molar-refractivity contribution >= 4 is 29.4 Å². The van der Waals surface area contributed by atoms with Crippen molar-refractivity contribution in [3.63, 3.8) is 0 Å². The molecule has 1 N–H and O–H groups in total. The number of quaternary nitrogens is 1. The van der Waals surface area contributed by atoms with E-state index in [9.17, 15) is 18.8 Å². The smallest absolute Gasteiger partial charge is 0.244 e. The first-order valence-corrected chi connectivity index (χ1v) is 10.5. The molecule has 3 aliphatic heterocycles. The largest absolute Gasteiger partial charge is 0.292 e. The summed E-state index contributed by atoms with van der Waals surface area (Å²) in [6.07, 6.45) is 3.90. The first-order valence-electron chi connectivity index (χ1n) is 10.5. The summed E-state index contributed by atoms with van der Waals surface area (Å²) in [6, 6.07) is 12.2. The minimum absolute atomic E-state index is 0.0360. The normalized spacial score (nSPS) is 29.0. The molecule has 0 bridgehead atoms. The Balaban J connectivity index is 1.66. The lowest BCUT2D eigenvalue weighted by molar-refractivity contribution is -0.885. The quantitative estimate of drug-likeness (QED) is 0.762. The van der Waals surface area contributed by atoms with Gasteiger partial charge in [0.05, 0.1) is 11.9 Å². The van der Waals surface area contributed by atoms with Crippen LogP contribution in [0.3, 0.4) is 0 Å². The Kier molecular flexibility index (Phi) is 4.28. The zero-order chi connectivity index (χ0) is 22.1. The van der Waals surface area contributed by atoms with E-state index in [-0.39, 0.29) is 23.6 Å². The van der Waals surface area contributed by atoms with E-state index < -0.39 is 29.1 Å². The molecule has 2 aromatic carbocycles. The fourth-order valence-corrected chi connectivity index (χ4v) is 5.36. The van der Waals surface area contributed by atoms with Gasteiger partial charge in [-0.2, -0.15) is 0 Å². The Labute approximate surface area is 180 Å². The average Bonchev–Trinajstić information content (AvgIpc) is 3.20. The number of amides is 2. The lowest BCUT2D eigenvalue weighted by Crippen LogP contribution is -3.12. The minimum Gasteiger partial charge on any atom is -0.292 e. The lowest BCUT2D eigenvalue weighted by atomic mass is 9.79. The summed E-state index contributed by atoms with van der Waals surface area (Å²) in [5.74, 6) is -2.57. The maximum atomic E-state index is 13.6. The number of Topliss-reactive ketones (excluding diaryl/α,β-unsaturated/α-hetero) is 1. The van der Waals surface area contributed by atoms with Gasteiger partial charge in [0, 0.05) is 11.0 Å². The number of fused-ring (bicyclic) bond motifs is 5. The van der Waals surface area contributed by atoms with E-state index in [0.717, 1.165) is 20.9 Å². The van der Waals surface area contributed by atoms with E-state index in [1.807, 2.05) is 57.3 Å². The van der Waals surface area contributed by atoms with E-state index in [2.05, 4.69) is 0 Å². The maximum absolute atomic E-state index is 13.6. The number of carbonyl (C=O) groups excluding carboxylic acids is 3. The second kappa shape index (κ2) is 6.69. The molecule has 2 fully saturated rings. The molecule has 2 saturated heterocycles. The van der Waals surface area contributed by atoms with E-state index in [4.69, 9.17) is 0 Å². The number of halogens is 1. The molecule has 0 aliphatic carbocycles. The van der Waals surface area contributed by atoms with Crippen molar-refractivity contribution in [3.05, 3.63) is 71.7 Å². The monoisotopic (exact) mass is 419 g/mol. The van der Waals surface area contributed by atoms with Gasteiger partial charge in [-0.1, -0.05) is 45.0 Å². The predicted octanol–water partition coefficient (Wildman–Crippen LogP) is 2.54. The molecule has 0 aromatic heterocycles. The summed E-state index contributed by atoms with van der Waals surface area (Å²) < 4.78 is 13.4. The number of ketones is 1. The molecule has 31 heavy (non-hydrogen) atoms. The molecule has 5 atom stereocenters. The Morgan fingerprint density at radius 1 is 0.968 bits per heavy atom. The number of hydrogen-bond acceptors (Lipinski definition) is 3. The second-order valence-electron chi connectivity index (χ2n) is 9.57. The standard InChI is InChI=1S/C25H23FN2O3/c1-25(2,3)22(29)21-19-18(20-17-7-5-4-6-14(17)12-13-27(20)21)23(30)28(24(19)31)16-10-8-15(26)9-11-16/h4-13,18-21H,1-3H3/p+1/t18-,19+,20+,21-/m0/s1. The predicted molar refractivity (Wildman–Crippen MR) is 113 cm³/mol. The van der Waals surface area contributed by atoms with Crippen LogP contribution in [0.1, 0.15) is 37.9 Å². The van der Waals surface area contributed by atoms with Crippen LogP contribution in [0.25, 0.3) is 6.08 Å². The number of anilines is 1. The lowest BCUT2D eigenvalue weighted by Gasteiger charge is -2.32. The third-order valence-corrected chi connectivity index (χ3v) is 6.73. The number of nitrogens with one attached hydrogen (secondary N) is 1. The Morgan fingerprint density at radius 2 is 1.61 bits per heavy atom. The van der Waals surface area contributed by atoms with Crippen molar-refractivity contribution < 1.29 is 23.7 Å². The van der Waals surface area contributed by atoms with Gasteiger partial charge in [0.1, 0.15) is 23.7 Å². The van der Waals surface area contributed by atoms with Crippen LogP contribution in [0.15, 0.2) is 54.7 Å². The molecule has 3 aliphatic rings. The third kappa shape index (κ3) is 2.82. The van der Waals surface area contributed by atoms with Crippen molar-refractivity contribution in [3.8, 4) is 0 Å². The van der Waals surface area contributed by atoms with Crippen LogP contribution in [-0.2, 0) is 14.4 Å². The molecule has 1 unspecified atom stereocenters. The molecule has 0 spiro atoms. The van der Waals surface area contributed by atoms with Gasteiger partial charge < -0.3 is 0 Å². The molecule has 0 saturated carbocycles. The molecular formula is C25H24FN2O3+. The Bertz CT molecular complexity index is 1130. The summed E-state index contributed by atoms with van der Waals surface area (Å²) in [6.45, 7) is 5.53. The van der Waals surface area contributed by atoms with Crippen molar-refractivity contribution in [2.24, 2.45) is 17.3 Å². The molecule has 2 aromatic rings. The van der Waals surface area contributed by atoms with Crippen molar-refractivity contribution in [1.82, 2.24) is 0 Å². The van der Waals surface area contributed by atoms with Crippen LogP contribution in [0.4, 0.5) is 10.1 Å². The van der Waals surface area contributed by atoms with Crippen molar-refractivity contribution in [2.45, 2.75) is 32.9 Å². The molecule has 158 valence electrons. The Hall–Kier alpha value is -3.12. The van der Waals surface area contributed by atoms with Crippen LogP contribution in [0.5, 0.6) is 0 Å². The van der Waals surface area contributed by atoms with Crippen LogP contribution < -0.4 is 9.80 Å². The van der Waals surface area contributed by atoms with Gasteiger partial charge >= 0.3 is 0 Å². The van der Waals surface area contributed by atoms with Gasteiger partial charge in [-0.15, -0.1) is 0 Å². The summed E-state index contributed by atoms with van der Waals surface area (Å²) in [5.41, 5.74) is 1.66. The summed E-state index contributed by atoms with van der Waals surface area (Å²) in [7, 11) is 0. The van der Waals surface area contributed by atoms with E-state index in [1.54, 1.807) is 0 Å². The fraction of sp³-hybridized carbons (Fsp3) is 0.320. The van der Waals surface area contributed by atoms with Crippen LogP contribution in [0.2, 0.25) is 0 Å². The van der Waals surface area contributed by atoms with Gasteiger partial charge in [0.2, 0.25) is 11.8 Å². The van der Waals surface area contributed by atoms with Crippen LogP contribution in [0, 0.1) is 23.1 Å². The first-order chi connectivity index (χ1) is 14.7. The number of benzene rings is 2. The molecule has 0 radical (unpaired) electrons. The summed E-state index contributed by atoms with van der Waals surface area (Å²) in [4.78, 5) is 42.8. The van der Waals surface area contributed by atoms with Gasteiger partial charge in [0.25, 0.3) is 0 Å². The molecule has 2 amide bonds. The minimum atomic E-state index is -0.750. The third-order valence-electron chi connectivity index (χ3n) is 6.73. The zero-order valence-corrected chi connectivity index (χ0v) is 17.6. The fourth-order valence-electron chi connectivity index (χ4n) is 5.36. The number of hydrogen-bond donors (Lipinski definition) is 1. The number of rotatable bonds is 2. The highest BCUT2D eigenvalue weighted by molar-refractivity contribution is 6.23. The highest BCUT2D eigenvalue weighted by Gasteiger charge is 2.68. The van der Waals surface area contributed by atoms with Crippen molar-refractivity contribution in [2.75, 3.05) is 4.90 Å². The van der Waals surface area contributed by atoms with E-state index in [0.29, 0.717) is 5.69 Å². The van der Waals surface area contributed by atoms with Crippen LogP contribution in [-0.4, -0.2) is 23.6 Å². The van der Waals surface area contributed by atoms with Gasteiger partial charge in [-0.25, -0.2) is 9.29 Å². The van der Waals surface area contributed by atoms with Gasteiger partial charge in [-0.05, 0) is 35.9 Å². The summed E-state index contributed by atoms with van der Waals surface area (Å²) >= 11 is 0. The Morgan fingerprint density at radius 3 is 2.29 bits per heavy atom. The number of imide groups is 1.